The second-order valence-corrected chi connectivity index (χ2v) is 5.17. The average Bonchev–Trinajstić information content (AvgIpc) is 2.59. The zero-order valence-electron chi connectivity index (χ0n) is 9.96. The van der Waals surface area contributed by atoms with Crippen molar-refractivity contribution < 1.29 is 0 Å². The van der Waals surface area contributed by atoms with Gasteiger partial charge in [0, 0.05) is 6.04 Å². The molecule has 0 saturated carbocycles. The van der Waals surface area contributed by atoms with Crippen LogP contribution >= 0.6 is 0 Å². The SMILES string of the molecule is Cc1ccc2c(c1)C(C(N)C(C)C)CC2. The molecule has 0 bridgehead atoms. The number of aryl methyl sites for hydroxylation is 2. The van der Waals surface area contributed by atoms with E-state index in [1.807, 2.05) is 0 Å². The van der Waals surface area contributed by atoms with Crippen LogP contribution in [0.2, 0.25) is 0 Å². The molecule has 0 aromatic heterocycles. The number of hydrogen-bond donors (Lipinski definition) is 1. The van der Waals surface area contributed by atoms with Crippen molar-refractivity contribution in [3.8, 4) is 0 Å². The molecular weight excluding hydrogens is 182 g/mol. The van der Waals surface area contributed by atoms with Crippen molar-refractivity contribution in [3.63, 3.8) is 0 Å². The fourth-order valence-corrected chi connectivity index (χ4v) is 2.62. The standard InChI is InChI=1S/C14H21N/c1-9(2)14(15)12-7-6-11-5-4-10(3)8-13(11)12/h4-5,8-9,12,14H,6-7,15H2,1-3H3. The lowest BCUT2D eigenvalue weighted by atomic mass is 9.86. The summed E-state index contributed by atoms with van der Waals surface area (Å²) in [7, 11) is 0. The van der Waals surface area contributed by atoms with Gasteiger partial charge in [-0.05, 0) is 42.7 Å². The highest BCUT2D eigenvalue weighted by atomic mass is 14.7. The Balaban J connectivity index is 2.31. The number of fused-ring (bicyclic) bond motifs is 1. The highest BCUT2D eigenvalue weighted by Gasteiger charge is 2.28. The molecule has 0 amide bonds. The molecule has 0 radical (unpaired) electrons. The maximum atomic E-state index is 6.29. The molecule has 2 atom stereocenters. The van der Waals surface area contributed by atoms with Crippen molar-refractivity contribution in [2.75, 3.05) is 0 Å². The van der Waals surface area contributed by atoms with Gasteiger partial charge >= 0.3 is 0 Å². The van der Waals surface area contributed by atoms with Gasteiger partial charge in [-0.3, -0.25) is 0 Å². The van der Waals surface area contributed by atoms with Crippen LogP contribution in [0.5, 0.6) is 0 Å². The first-order valence-electron chi connectivity index (χ1n) is 5.94. The Labute approximate surface area is 92.7 Å². The van der Waals surface area contributed by atoms with E-state index in [1.54, 1.807) is 0 Å². The van der Waals surface area contributed by atoms with Crippen LogP contribution in [-0.2, 0) is 6.42 Å². The molecule has 82 valence electrons. The lowest BCUT2D eigenvalue weighted by Gasteiger charge is -2.24. The van der Waals surface area contributed by atoms with E-state index in [-0.39, 0.29) is 0 Å². The van der Waals surface area contributed by atoms with Crippen molar-refractivity contribution in [1.82, 2.24) is 0 Å². The minimum atomic E-state index is 0.313. The van der Waals surface area contributed by atoms with Gasteiger partial charge in [0.25, 0.3) is 0 Å². The normalized spacial score (nSPS) is 21.8. The van der Waals surface area contributed by atoms with Crippen LogP contribution in [0.3, 0.4) is 0 Å². The molecule has 2 unspecified atom stereocenters. The smallest absolute Gasteiger partial charge is 0.0131 e. The van der Waals surface area contributed by atoms with E-state index >= 15 is 0 Å². The zero-order chi connectivity index (χ0) is 11.0. The molecule has 15 heavy (non-hydrogen) atoms. The molecule has 1 heteroatoms. The van der Waals surface area contributed by atoms with Crippen molar-refractivity contribution >= 4 is 0 Å². The molecule has 1 aromatic carbocycles. The largest absolute Gasteiger partial charge is 0.327 e. The van der Waals surface area contributed by atoms with Gasteiger partial charge in [0.1, 0.15) is 0 Å². The first kappa shape index (κ1) is 10.7. The summed E-state index contributed by atoms with van der Waals surface area (Å²) < 4.78 is 0. The van der Waals surface area contributed by atoms with Crippen molar-refractivity contribution in [3.05, 3.63) is 34.9 Å². The average molecular weight is 203 g/mol. The second-order valence-electron chi connectivity index (χ2n) is 5.17. The third-order valence-electron chi connectivity index (χ3n) is 3.66. The van der Waals surface area contributed by atoms with Crippen LogP contribution in [0.4, 0.5) is 0 Å². The molecule has 1 aromatic rings. The Morgan fingerprint density at radius 1 is 1.33 bits per heavy atom. The Kier molecular flexibility index (Phi) is 2.83. The van der Waals surface area contributed by atoms with Crippen LogP contribution in [0.1, 0.15) is 42.9 Å². The maximum Gasteiger partial charge on any atom is 0.0131 e. The van der Waals surface area contributed by atoms with Gasteiger partial charge in [-0.1, -0.05) is 37.6 Å². The van der Waals surface area contributed by atoms with E-state index in [2.05, 4.69) is 39.0 Å². The predicted octanol–water partition coefficient (Wildman–Crippen LogP) is 3.01. The molecule has 2 rings (SSSR count). The van der Waals surface area contributed by atoms with Crippen molar-refractivity contribution in [2.45, 2.75) is 45.6 Å². The summed E-state index contributed by atoms with van der Waals surface area (Å²) in [6.45, 7) is 6.60. The molecule has 1 aliphatic rings. The summed E-state index contributed by atoms with van der Waals surface area (Å²) in [6, 6.07) is 7.13. The van der Waals surface area contributed by atoms with Crippen molar-refractivity contribution in [1.29, 1.82) is 0 Å². The number of nitrogens with two attached hydrogens (primary N) is 1. The van der Waals surface area contributed by atoms with Gasteiger partial charge in [0.15, 0.2) is 0 Å². The minimum Gasteiger partial charge on any atom is -0.327 e. The summed E-state index contributed by atoms with van der Waals surface area (Å²) in [4.78, 5) is 0. The first-order valence-corrected chi connectivity index (χ1v) is 5.94. The fourth-order valence-electron chi connectivity index (χ4n) is 2.62. The molecule has 1 aliphatic carbocycles. The van der Waals surface area contributed by atoms with Crippen LogP contribution in [-0.4, -0.2) is 6.04 Å². The Morgan fingerprint density at radius 3 is 2.73 bits per heavy atom. The summed E-state index contributed by atoms with van der Waals surface area (Å²) in [5.41, 5.74) is 10.7. The molecule has 0 fully saturated rings. The summed E-state index contributed by atoms with van der Waals surface area (Å²) in [5, 5.41) is 0. The van der Waals surface area contributed by atoms with E-state index in [0.29, 0.717) is 17.9 Å². The van der Waals surface area contributed by atoms with Gasteiger partial charge < -0.3 is 5.73 Å². The minimum absolute atomic E-state index is 0.313. The van der Waals surface area contributed by atoms with E-state index < -0.39 is 0 Å². The molecule has 0 heterocycles. The lowest BCUT2D eigenvalue weighted by molar-refractivity contribution is 0.414. The van der Waals surface area contributed by atoms with E-state index in [1.165, 1.54) is 29.5 Å². The van der Waals surface area contributed by atoms with Gasteiger partial charge in [-0.2, -0.15) is 0 Å². The molecule has 0 aliphatic heterocycles. The molecule has 0 spiro atoms. The van der Waals surface area contributed by atoms with Gasteiger partial charge in [0.05, 0.1) is 0 Å². The Morgan fingerprint density at radius 2 is 2.07 bits per heavy atom. The summed E-state index contributed by atoms with van der Waals surface area (Å²) in [6.07, 6.45) is 2.44. The van der Waals surface area contributed by atoms with Gasteiger partial charge in [-0.25, -0.2) is 0 Å². The zero-order valence-corrected chi connectivity index (χ0v) is 9.96. The molecule has 2 N–H and O–H groups in total. The first-order chi connectivity index (χ1) is 7.09. The maximum absolute atomic E-state index is 6.29. The fraction of sp³-hybridized carbons (Fsp3) is 0.571. The summed E-state index contributed by atoms with van der Waals surface area (Å²) in [5.74, 6) is 1.15. The monoisotopic (exact) mass is 203 g/mol. The van der Waals surface area contributed by atoms with Crippen molar-refractivity contribution in [2.24, 2.45) is 11.7 Å². The number of benzene rings is 1. The summed E-state index contributed by atoms with van der Waals surface area (Å²) >= 11 is 0. The topological polar surface area (TPSA) is 26.0 Å². The second kappa shape index (κ2) is 3.97. The third-order valence-corrected chi connectivity index (χ3v) is 3.66. The van der Waals surface area contributed by atoms with Gasteiger partial charge in [0.2, 0.25) is 0 Å². The van der Waals surface area contributed by atoms with E-state index in [0.717, 1.165) is 0 Å². The number of hydrogen-bond acceptors (Lipinski definition) is 1. The molecular formula is C14H21N. The van der Waals surface area contributed by atoms with Crippen LogP contribution in [0.15, 0.2) is 18.2 Å². The Hall–Kier alpha value is -0.820. The van der Waals surface area contributed by atoms with Gasteiger partial charge in [-0.15, -0.1) is 0 Å². The third kappa shape index (κ3) is 1.93. The highest BCUT2D eigenvalue weighted by Crippen LogP contribution is 2.37. The lowest BCUT2D eigenvalue weighted by Crippen LogP contribution is -2.32. The highest BCUT2D eigenvalue weighted by molar-refractivity contribution is 5.39. The van der Waals surface area contributed by atoms with Crippen LogP contribution < -0.4 is 5.73 Å². The van der Waals surface area contributed by atoms with E-state index in [4.69, 9.17) is 5.73 Å². The van der Waals surface area contributed by atoms with Crippen LogP contribution in [0, 0.1) is 12.8 Å². The van der Waals surface area contributed by atoms with Crippen LogP contribution in [0.25, 0.3) is 0 Å². The quantitative estimate of drug-likeness (QED) is 0.785. The van der Waals surface area contributed by atoms with E-state index in [9.17, 15) is 0 Å². The Bertz CT molecular complexity index is 354. The molecule has 0 saturated heterocycles. The predicted molar refractivity (Wildman–Crippen MR) is 65.1 cm³/mol. The number of rotatable bonds is 2. The molecule has 1 nitrogen and oxygen atoms in total.